The molecule has 15 heteroatoms. The molecule has 3 heterocycles. The zero-order chi connectivity index (χ0) is 33.9. The fourth-order valence-electron chi connectivity index (χ4n) is 6.01. The number of aliphatic hydroxyl groups is 1. The van der Waals surface area contributed by atoms with Gasteiger partial charge in [0, 0.05) is 23.8 Å². The number of nitrogens with zero attached hydrogens (tertiary/aromatic N) is 1. The molecule has 1 amide bonds. The number of quaternary nitrogens is 1. The third kappa shape index (κ3) is 9.57. The minimum atomic E-state index is -10.7. The van der Waals surface area contributed by atoms with Crippen LogP contribution in [0.2, 0.25) is 5.02 Å². The van der Waals surface area contributed by atoms with Gasteiger partial charge in [0.1, 0.15) is 12.3 Å². The van der Waals surface area contributed by atoms with E-state index in [9.17, 15) is 39.9 Å². The quantitative estimate of drug-likeness (QED) is 0.105. The van der Waals surface area contributed by atoms with Gasteiger partial charge in [-0.05, 0) is 29.3 Å². The van der Waals surface area contributed by atoms with Crippen LogP contribution in [0, 0.1) is 5.92 Å². The maximum absolute atomic E-state index is 13.7. The summed E-state index contributed by atoms with van der Waals surface area (Å²) >= 11 is 6.09. The molecule has 6 rings (SSSR count). The molecule has 3 aromatic carbocycles. The molecular weight excluding hydrogens is 661 g/mol. The molecule has 3 aliphatic rings. The minimum absolute atomic E-state index is 0.238. The molecule has 3 aromatic rings. The van der Waals surface area contributed by atoms with Crippen molar-refractivity contribution in [3.05, 3.63) is 101 Å². The Labute approximate surface area is 266 Å². The molecule has 252 valence electrons. The van der Waals surface area contributed by atoms with Crippen LogP contribution < -0.4 is 10.1 Å². The van der Waals surface area contributed by atoms with Gasteiger partial charge in [0.25, 0.3) is 5.91 Å². The van der Waals surface area contributed by atoms with E-state index in [1.165, 1.54) is 7.11 Å². The normalized spacial score (nSPS) is 22.4. The van der Waals surface area contributed by atoms with Gasteiger partial charge in [-0.3, -0.25) is 4.79 Å². The monoisotopic (exact) mass is 694 g/mol. The molecule has 3 aliphatic heterocycles. The van der Waals surface area contributed by atoms with Crippen LogP contribution in [0.4, 0.5) is 25.2 Å². The molecule has 3 saturated heterocycles. The summed E-state index contributed by atoms with van der Waals surface area (Å²) in [6, 6.07) is 22.9. The number of hydrogen-bond acceptors (Lipinski definition) is 5. The van der Waals surface area contributed by atoms with E-state index < -0.39 is 19.4 Å². The molecule has 0 saturated carbocycles. The van der Waals surface area contributed by atoms with Crippen molar-refractivity contribution in [2.45, 2.75) is 24.5 Å². The van der Waals surface area contributed by atoms with E-state index in [1.807, 2.05) is 12.1 Å². The number of nitrogens with one attached hydrogen (secondary N) is 1. The Morgan fingerprint density at radius 3 is 1.96 bits per heavy atom. The number of benzene rings is 3. The maximum atomic E-state index is 13.7. The number of amides is 1. The van der Waals surface area contributed by atoms with Gasteiger partial charge >= 0.3 is 39.0 Å². The molecule has 1 atom stereocenters. The van der Waals surface area contributed by atoms with Gasteiger partial charge in [-0.1, -0.05) is 72.3 Å². The van der Waals surface area contributed by atoms with Gasteiger partial charge in [-0.2, -0.15) is 0 Å². The average Bonchev–Trinajstić information content (AvgIpc) is 3.00. The van der Waals surface area contributed by atoms with Crippen molar-refractivity contribution in [1.82, 2.24) is 5.32 Å². The predicted molar refractivity (Wildman–Crippen MR) is 162 cm³/mol. The summed E-state index contributed by atoms with van der Waals surface area (Å²) < 4.78 is 71.4. The van der Waals surface area contributed by atoms with Gasteiger partial charge < -0.3 is 24.4 Å². The number of ether oxygens (including phenoxy) is 2. The van der Waals surface area contributed by atoms with E-state index in [2.05, 4.69) is 5.32 Å². The van der Waals surface area contributed by atoms with Gasteiger partial charge in [-0.25, -0.2) is 4.79 Å². The van der Waals surface area contributed by atoms with Crippen molar-refractivity contribution in [1.29, 1.82) is 0 Å². The number of esters is 1. The van der Waals surface area contributed by atoms with Crippen LogP contribution >= 0.6 is 19.4 Å². The van der Waals surface area contributed by atoms with Crippen molar-refractivity contribution in [3.63, 3.8) is 0 Å². The first kappa shape index (κ1) is 35.5. The van der Waals surface area contributed by atoms with E-state index in [0.717, 1.165) is 37.0 Å². The van der Waals surface area contributed by atoms with E-state index in [-0.39, 0.29) is 17.9 Å². The van der Waals surface area contributed by atoms with E-state index in [4.69, 9.17) is 21.1 Å². The number of rotatable bonds is 9. The second-order valence-corrected chi connectivity index (χ2v) is 13.8. The van der Waals surface area contributed by atoms with Crippen LogP contribution in [-0.2, 0) is 15.1 Å². The van der Waals surface area contributed by atoms with Gasteiger partial charge in [0.2, 0.25) is 5.60 Å². The van der Waals surface area contributed by atoms with Crippen molar-refractivity contribution >= 4 is 31.3 Å². The summed E-state index contributed by atoms with van der Waals surface area (Å²) in [5.74, 6) is -0.162. The number of carbonyl (C=O) groups is 2. The number of methoxy groups -OCH3 is 1. The van der Waals surface area contributed by atoms with Crippen LogP contribution in [0.5, 0.6) is 5.75 Å². The third-order valence-corrected chi connectivity index (χ3v) is 8.49. The van der Waals surface area contributed by atoms with Crippen LogP contribution in [-0.4, -0.2) is 67.4 Å². The third-order valence-electron chi connectivity index (χ3n) is 8.26. The summed E-state index contributed by atoms with van der Waals surface area (Å²) in [6.07, 6.45) is 1.56. The van der Waals surface area contributed by atoms with Crippen molar-refractivity contribution in [3.8, 4) is 5.75 Å². The summed E-state index contributed by atoms with van der Waals surface area (Å²) in [5, 5.41) is 15.3. The van der Waals surface area contributed by atoms with E-state index in [1.54, 1.807) is 66.7 Å². The topological polar surface area (TPSA) is 84.9 Å². The zero-order valence-electron chi connectivity index (χ0n) is 24.7. The molecule has 0 aliphatic carbocycles. The van der Waals surface area contributed by atoms with Crippen LogP contribution in [0.3, 0.4) is 0 Å². The summed E-state index contributed by atoms with van der Waals surface area (Å²) in [6.45, 7) is 3.79. The fourth-order valence-corrected chi connectivity index (χ4v) is 6.18. The first-order chi connectivity index (χ1) is 21.3. The molecule has 0 aromatic heterocycles. The first-order valence-electron chi connectivity index (χ1n) is 14.4. The molecule has 46 heavy (non-hydrogen) atoms. The Bertz CT molecular complexity index is 1490. The number of carbonyl (C=O) groups excluding carboxylic acids is 2. The van der Waals surface area contributed by atoms with E-state index in [0.29, 0.717) is 40.6 Å². The Kier molecular flexibility index (Phi) is 9.77. The molecule has 3 fully saturated rings. The second kappa shape index (κ2) is 12.7. The molecule has 7 nitrogen and oxygen atoms in total. The Hall–Kier alpha value is -3.38. The van der Waals surface area contributed by atoms with Crippen molar-refractivity contribution < 1.29 is 53.8 Å². The van der Waals surface area contributed by atoms with Gasteiger partial charge in [-0.15, -0.1) is 0 Å². The molecule has 0 spiro atoms. The number of halogens is 7. The first-order valence-corrected chi connectivity index (χ1v) is 16.8. The standard InChI is InChI=1S/C31H33ClN2O5.F6P/c1-38-27-13-12-25(32)20-26(27)29(35)33-16-19-34-17-14-22(15-18-34)28(21-34)39-30(36)31(37,23-8-4-2-5-9-23)24-10-6-3-7-11-24;1-7(2,3,4,5)6/h2-13,20,22,28,37H,14-19,21H2,1H3;/q;-1/p+1/t22?,28-,34?;/m0./s1. The summed E-state index contributed by atoms with van der Waals surface area (Å²) in [7, 11) is -9.14. The number of piperidine rings is 3. The molecule has 2 bridgehead atoms. The summed E-state index contributed by atoms with van der Waals surface area (Å²) in [4.78, 5) is 26.6. The fraction of sp³-hybridized carbons (Fsp3) is 0.355. The molecule has 0 unspecified atom stereocenters. The van der Waals surface area contributed by atoms with E-state index >= 15 is 0 Å². The SMILES string of the molecule is COc1ccc(Cl)cc1C(=O)NCC[N+]12CCC(CC1)[C@@H](OC(=O)C(O)(c1ccccc1)c1ccccc1)C2.F[P-](F)(F)(F)(F)F. The second-order valence-electron chi connectivity index (χ2n) is 11.5. The summed E-state index contributed by atoms with van der Waals surface area (Å²) in [5.41, 5.74) is -0.546. The van der Waals surface area contributed by atoms with Crippen LogP contribution in [0.25, 0.3) is 0 Å². The molecular formula is C31H34ClF6N2O5P. The number of fused-ring (bicyclic) bond motifs is 3. The molecule has 2 N–H and O–H groups in total. The van der Waals surface area contributed by atoms with Crippen LogP contribution in [0.1, 0.15) is 34.3 Å². The van der Waals surface area contributed by atoms with Crippen molar-refractivity contribution in [2.24, 2.45) is 5.92 Å². The van der Waals surface area contributed by atoms with Crippen LogP contribution in [0.15, 0.2) is 78.9 Å². The predicted octanol–water partition coefficient (Wildman–Crippen LogP) is 7.55. The van der Waals surface area contributed by atoms with Crippen molar-refractivity contribution in [2.75, 3.05) is 39.8 Å². The number of hydrogen-bond donors (Lipinski definition) is 2. The Balaban J connectivity index is 0.000000617. The zero-order valence-corrected chi connectivity index (χ0v) is 26.4. The van der Waals surface area contributed by atoms with Gasteiger partial charge in [0.05, 0.1) is 38.9 Å². The average molecular weight is 695 g/mol. The van der Waals surface area contributed by atoms with Gasteiger partial charge in [0.15, 0.2) is 6.10 Å². The Morgan fingerprint density at radius 1 is 0.935 bits per heavy atom. The Morgan fingerprint density at radius 2 is 1.46 bits per heavy atom. The molecule has 0 radical (unpaired) electrons.